The molecule has 2 aromatic carbocycles. The van der Waals surface area contributed by atoms with E-state index in [-0.39, 0.29) is 12.2 Å². The molecule has 0 saturated heterocycles. The van der Waals surface area contributed by atoms with Gasteiger partial charge in [-0.05, 0) is 42.3 Å². The number of halogens is 5. The van der Waals surface area contributed by atoms with Crippen LogP contribution in [0.1, 0.15) is 16.7 Å². The molecule has 0 bridgehead atoms. The number of rotatable bonds is 3. The molecule has 21 heavy (non-hydrogen) atoms. The maximum Gasteiger partial charge on any atom is 0.416 e. The summed E-state index contributed by atoms with van der Waals surface area (Å²) in [5.41, 5.74) is 0.815. The molecule has 0 atom stereocenters. The van der Waals surface area contributed by atoms with Gasteiger partial charge in [-0.3, -0.25) is 0 Å². The summed E-state index contributed by atoms with van der Waals surface area (Å²) < 4.78 is 52.3. The van der Waals surface area contributed by atoms with Gasteiger partial charge >= 0.3 is 6.18 Å². The van der Waals surface area contributed by atoms with Crippen molar-refractivity contribution >= 4 is 21.6 Å². The first-order chi connectivity index (χ1) is 9.77. The van der Waals surface area contributed by atoms with Gasteiger partial charge in [0, 0.05) is 11.0 Å². The second-order valence-corrected chi connectivity index (χ2v) is 5.48. The Morgan fingerprint density at radius 3 is 2.43 bits per heavy atom. The number of hydrogen-bond acceptors (Lipinski definition) is 1. The molecule has 2 aromatic rings. The van der Waals surface area contributed by atoms with Gasteiger partial charge < -0.3 is 5.32 Å². The highest BCUT2D eigenvalue weighted by molar-refractivity contribution is 9.10. The largest absolute Gasteiger partial charge is 0.416 e. The zero-order chi connectivity index (χ0) is 15.6. The Bertz CT molecular complexity index is 653. The predicted molar refractivity (Wildman–Crippen MR) is 77.6 cm³/mol. The molecule has 0 amide bonds. The van der Waals surface area contributed by atoms with Crippen LogP contribution < -0.4 is 5.32 Å². The van der Waals surface area contributed by atoms with E-state index >= 15 is 0 Å². The van der Waals surface area contributed by atoms with E-state index in [4.69, 9.17) is 0 Å². The topological polar surface area (TPSA) is 12.0 Å². The van der Waals surface area contributed by atoms with Crippen molar-refractivity contribution in [3.8, 4) is 0 Å². The Morgan fingerprint density at radius 1 is 1.10 bits per heavy atom. The summed E-state index contributed by atoms with van der Waals surface area (Å²) in [4.78, 5) is 0. The highest BCUT2D eigenvalue weighted by atomic mass is 79.9. The molecule has 0 aromatic heterocycles. The smallest absolute Gasteiger partial charge is 0.379 e. The van der Waals surface area contributed by atoms with E-state index in [0.29, 0.717) is 0 Å². The van der Waals surface area contributed by atoms with E-state index < -0.39 is 17.6 Å². The highest BCUT2D eigenvalue weighted by Crippen LogP contribution is 2.32. The Hall–Kier alpha value is -1.56. The molecule has 0 unspecified atom stereocenters. The minimum Gasteiger partial charge on any atom is -0.379 e. The molecule has 0 fully saturated rings. The lowest BCUT2D eigenvalue weighted by Crippen LogP contribution is -2.08. The Balaban J connectivity index is 2.17. The van der Waals surface area contributed by atoms with Crippen molar-refractivity contribution in [2.75, 3.05) is 5.32 Å². The second kappa shape index (κ2) is 6.05. The molecular formula is C15H12BrF4N. The Labute approximate surface area is 128 Å². The molecule has 0 heterocycles. The Kier molecular flexibility index (Phi) is 4.56. The normalized spacial score (nSPS) is 11.5. The molecular weight excluding hydrogens is 350 g/mol. The second-order valence-electron chi connectivity index (χ2n) is 4.63. The minimum atomic E-state index is -4.49. The standard InChI is InChI=1S/C15H12BrF4N/c1-9-6-10(2-4-12(9)16)8-21-14-7-11(15(18,19)20)3-5-13(14)17/h2-7,21H,8H2,1H3. The van der Waals surface area contributed by atoms with Crippen LogP contribution in [0.4, 0.5) is 23.2 Å². The van der Waals surface area contributed by atoms with Gasteiger partial charge in [-0.25, -0.2) is 4.39 Å². The maximum absolute atomic E-state index is 13.6. The van der Waals surface area contributed by atoms with Crippen molar-refractivity contribution < 1.29 is 17.6 Å². The summed E-state index contributed by atoms with van der Waals surface area (Å²) in [6, 6.07) is 7.86. The molecule has 0 spiro atoms. The maximum atomic E-state index is 13.6. The minimum absolute atomic E-state index is 0.162. The molecule has 2 rings (SSSR count). The van der Waals surface area contributed by atoms with Crippen LogP contribution in [0.25, 0.3) is 0 Å². The zero-order valence-electron chi connectivity index (χ0n) is 11.1. The number of alkyl halides is 3. The summed E-state index contributed by atoms with van der Waals surface area (Å²) in [6.07, 6.45) is -4.49. The summed E-state index contributed by atoms with van der Waals surface area (Å²) in [5, 5.41) is 2.70. The third-order valence-electron chi connectivity index (χ3n) is 3.00. The molecule has 0 saturated carbocycles. The van der Waals surface area contributed by atoms with Crippen molar-refractivity contribution in [1.29, 1.82) is 0 Å². The molecule has 1 nitrogen and oxygen atoms in total. The summed E-state index contributed by atoms with van der Waals surface area (Å²) in [7, 11) is 0. The van der Waals surface area contributed by atoms with E-state index in [9.17, 15) is 17.6 Å². The SMILES string of the molecule is Cc1cc(CNc2cc(C(F)(F)F)ccc2F)ccc1Br. The van der Waals surface area contributed by atoms with Gasteiger partial charge in [-0.15, -0.1) is 0 Å². The quantitative estimate of drug-likeness (QED) is 0.709. The molecule has 1 N–H and O–H groups in total. The average Bonchev–Trinajstić information content (AvgIpc) is 2.40. The van der Waals surface area contributed by atoms with Gasteiger partial charge in [0.25, 0.3) is 0 Å². The fourth-order valence-electron chi connectivity index (χ4n) is 1.85. The number of benzene rings is 2. The van der Waals surface area contributed by atoms with Crippen molar-refractivity contribution in [3.63, 3.8) is 0 Å². The van der Waals surface area contributed by atoms with E-state index in [1.807, 2.05) is 25.1 Å². The van der Waals surface area contributed by atoms with Crippen molar-refractivity contribution in [2.24, 2.45) is 0 Å². The first-order valence-corrected chi connectivity index (χ1v) is 6.92. The lowest BCUT2D eigenvalue weighted by atomic mass is 10.1. The fourth-order valence-corrected chi connectivity index (χ4v) is 2.10. The molecule has 6 heteroatoms. The van der Waals surface area contributed by atoms with Gasteiger partial charge in [-0.2, -0.15) is 13.2 Å². The third kappa shape index (κ3) is 3.97. The zero-order valence-corrected chi connectivity index (χ0v) is 12.6. The number of hydrogen-bond donors (Lipinski definition) is 1. The number of nitrogens with one attached hydrogen (secondary N) is 1. The monoisotopic (exact) mass is 361 g/mol. The molecule has 0 aliphatic carbocycles. The summed E-state index contributed by atoms with van der Waals surface area (Å²) in [6.45, 7) is 2.14. The Morgan fingerprint density at radius 2 is 1.81 bits per heavy atom. The fraction of sp³-hybridized carbons (Fsp3) is 0.200. The molecule has 0 aliphatic heterocycles. The summed E-state index contributed by atoms with van der Waals surface area (Å²) in [5.74, 6) is -0.711. The third-order valence-corrected chi connectivity index (χ3v) is 3.89. The van der Waals surface area contributed by atoms with Gasteiger partial charge in [0.1, 0.15) is 5.82 Å². The average molecular weight is 362 g/mol. The van der Waals surface area contributed by atoms with E-state index in [0.717, 1.165) is 33.8 Å². The van der Waals surface area contributed by atoms with Crippen LogP contribution in [0, 0.1) is 12.7 Å². The van der Waals surface area contributed by atoms with Gasteiger partial charge in [0.15, 0.2) is 0 Å². The van der Waals surface area contributed by atoms with E-state index in [1.165, 1.54) is 0 Å². The van der Waals surface area contributed by atoms with E-state index in [1.54, 1.807) is 0 Å². The molecule has 112 valence electrons. The van der Waals surface area contributed by atoms with Crippen molar-refractivity contribution in [1.82, 2.24) is 0 Å². The van der Waals surface area contributed by atoms with Crippen LogP contribution in [0.2, 0.25) is 0 Å². The van der Waals surface area contributed by atoms with Crippen molar-refractivity contribution in [2.45, 2.75) is 19.6 Å². The first-order valence-electron chi connectivity index (χ1n) is 6.13. The van der Waals surface area contributed by atoms with Crippen LogP contribution in [-0.4, -0.2) is 0 Å². The predicted octanol–water partition coefficient (Wildman–Crippen LogP) is 5.53. The van der Waals surface area contributed by atoms with Crippen molar-refractivity contribution in [3.05, 3.63) is 63.4 Å². The van der Waals surface area contributed by atoms with Crippen LogP contribution >= 0.6 is 15.9 Å². The van der Waals surface area contributed by atoms with Gasteiger partial charge in [0.05, 0.1) is 11.3 Å². The summed E-state index contributed by atoms with van der Waals surface area (Å²) >= 11 is 3.36. The highest BCUT2D eigenvalue weighted by Gasteiger charge is 2.31. The lowest BCUT2D eigenvalue weighted by Gasteiger charge is -2.12. The number of anilines is 1. The van der Waals surface area contributed by atoms with E-state index in [2.05, 4.69) is 21.2 Å². The lowest BCUT2D eigenvalue weighted by molar-refractivity contribution is -0.137. The van der Waals surface area contributed by atoms with Gasteiger partial charge in [0.2, 0.25) is 0 Å². The van der Waals surface area contributed by atoms with Gasteiger partial charge in [-0.1, -0.05) is 28.1 Å². The van der Waals surface area contributed by atoms with Crippen LogP contribution in [0.15, 0.2) is 40.9 Å². The first kappa shape index (κ1) is 15.8. The van der Waals surface area contributed by atoms with Crippen LogP contribution in [0.5, 0.6) is 0 Å². The van der Waals surface area contributed by atoms with Crippen LogP contribution in [-0.2, 0) is 12.7 Å². The number of aryl methyl sites for hydroxylation is 1. The molecule has 0 aliphatic rings. The van der Waals surface area contributed by atoms with Crippen LogP contribution in [0.3, 0.4) is 0 Å². The molecule has 0 radical (unpaired) electrons.